The second-order valence-electron chi connectivity index (χ2n) is 4.32. The molecule has 3 rings (SSSR count). The van der Waals surface area contributed by atoms with E-state index in [2.05, 4.69) is 9.97 Å². The molecule has 5 nitrogen and oxygen atoms in total. The van der Waals surface area contributed by atoms with Crippen LogP contribution in [0.2, 0.25) is 0 Å². The molecule has 3 aromatic rings. The number of aliphatic carboxylic acids is 1. The van der Waals surface area contributed by atoms with E-state index in [1.165, 1.54) is 12.1 Å². The quantitative estimate of drug-likeness (QED) is 0.563. The minimum atomic E-state index is -1.47. The van der Waals surface area contributed by atoms with Gasteiger partial charge in [-0.3, -0.25) is 4.79 Å². The number of carboxylic acid groups (broad SMARTS) is 1. The van der Waals surface area contributed by atoms with Crippen LogP contribution < -0.4 is 0 Å². The number of benzene rings is 2. The number of H-pyrrole nitrogens is 1. The molecule has 5 heteroatoms. The number of carbonyl (C=O) groups excluding carboxylic acids is 1. The molecule has 0 aliphatic carbocycles. The lowest BCUT2D eigenvalue weighted by Gasteiger charge is -1.95. The zero-order valence-electron chi connectivity index (χ0n) is 10.3. The first kappa shape index (κ1) is 12.1. The summed E-state index contributed by atoms with van der Waals surface area (Å²) in [7, 11) is 0. The van der Waals surface area contributed by atoms with Gasteiger partial charge < -0.3 is 10.1 Å². The summed E-state index contributed by atoms with van der Waals surface area (Å²) in [6.45, 7) is 0. The Morgan fingerprint density at radius 2 is 1.80 bits per heavy atom. The highest BCUT2D eigenvalue weighted by Gasteiger charge is 2.15. The Labute approximate surface area is 113 Å². The summed E-state index contributed by atoms with van der Waals surface area (Å²) in [5.74, 6) is -1.71. The minimum Gasteiger partial charge on any atom is -0.475 e. The topological polar surface area (TPSA) is 83.0 Å². The van der Waals surface area contributed by atoms with Gasteiger partial charge in [0.05, 0.1) is 11.0 Å². The third-order valence-corrected chi connectivity index (χ3v) is 2.99. The van der Waals surface area contributed by atoms with Crippen LogP contribution in [0.5, 0.6) is 0 Å². The predicted molar refractivity (Wildman–Crippen MR) is 73.5 cm³/mol. The second-order valence-corrected chi connectivity index (χ2v) is 4.32. The number of hydrogen-bond acceptors (Lipinski definition) is 3. The average molecular weight is 266 g/mol. The van der Waals surface area contributed by atoms with E-state index in [1.54, 1.807) is 6.07 Å². The van der Waals surface area contributed by atoms with E-state index in [-0.39, 0.29) is 5.56 Å². The van der Waals surface area contributed by atoms with Gasteiger partial charge in [-0.1, -0.05) is 30.3 Å². The van der Waals surface area contributed by atoms with E-state index < -0.39 is 11.8 Å². The molecule has 0 fully saturated rings. The van der Waals surface area contributed by atoms with Crippen LogP contribution in [-0.4, -0.2) is 26.8 Å². The fourth-order valence-corrected chi connectivity index (χ4v) is 2.01. The van der Waals surface area contributed by atoms with Crippen LogP contribution in [0.15, 0.2) is 48.5 Å². The summed E-state index contributed by atoms with van der Waals surface area (Å²) in [6, 6.07) is 14.2. The first-order chi connectivity index (χ1) is 9.65. The normalized spacial score (nSPS) is 10.6. The van der Waals surface area contributed by atoms with Crippen molar-refractivity contribution in [2.24, 2.45) is 0 Å². The smallest absolute Gasteiger partial charge is 0.377 e. The highest BCUT2D eigenvalue weighted by molar-refractivity contribution is 6.40. The van der Waals surface area contributed by atoms with Crippen LogP contribution in [0.1, 0.15) is 10.4 Å². The van der Waals surface area contributed by atoms with Gasteiger partial charge in [0.15, 0.2) is 0 Å². The lowest BCUT2D eigenvalue weighted by Crippen LogP contribution is -2.12. The molecule has 0 spiro atoms. The molecule has 0 amide bonds. The molecule has 0 aliphatic rings. The third kappa shape index (κ3) is 2.05. The standard InChI is InChI=1S/C15H10N2O3/c18-13(15(19)20)10-6-7-11-12(8-10)17-14(16-11)9-4-2-1-3-5-9/h1-8H,(H,16,17)(H,19,20). The third-order valence-electron chi connectivity index (χ3n) is 2.99. The Morgan fingerprint density at radius 1 is 1.05 bits per heavy atom. The number of nitrogens with zero attached hydrogens (tertiary/aromatic N) is 1. The number of carboxylic acids is 1. The van der Waals surface area contributed by atoms with Crippen LogP contribution in [-0.2, 0) is 4.79 Å². The molecule has 2 aromatic carbocycles. The summed E-state index contributed by atoms with van der Waals surface area (Å²) in [6.07, 6.45) is 0. The molecule has 0 radical (unpaired) electrons. The Hall–Kier alpha value is -2.95. The molecule has 98 valence electrons. The number of carbonyl (C=O) groups is 2. The largest absolute Gasteiger partial charge is 0.475 e. The van der Waals surface area contributed by atoms with Crippen LogP contribution in [0.4, 0.5) is 0 Å². The molecule has 0 aliphatic heterocycles. The number of fused-ring (bicyclic) bond motifs is 1. The second kappa shape index (κ2) is 4.62. The lowest BCUT2D eigenvalue weighted by atomic mass is 10.1. The van der Waals surface area contributed by atoms with Crippen molar-refractivity contribution in [3.8, 4) is 11.4 Å². The number of rotatable bonds is 3. The average Bonchev–Trinajstić information content (AvgIpc) is 2.90. The van der Waals surface area contributed by atoms with Crippen molar-refractivity contribution in [2.75, 3.05) is 0 Å². The molecule has 0 bridgehead atoms. The van der Waals surface area contributed by atoms with Crippen molar-refractivity contribution in [2.45, 2.75) is 0 Å². The zero-order valence-corrected chi connectivity index (χ0v) is 10.3. The van der Waals surface area contributed by atoms with Crippen molar-refractivity contribution < 1.29 is 14.7 Å². The first-order valence-corrected chi connectivity index (χ1v) is 5.98. The van der Waals surface area contributed by atoms with Gasteiger partial charge in [-0.15, -0.1) is 0 Å². The number of Topliss-reactive ketones (excluding diaryl/α,β-unsaturated/α-hetero) is 1. The highest BCUT2D eigenvalue weighted by Crippen LogP contribution is 2.21. The van der Waals surface area contributed by atoms with E-state index in [9.17, 15) is 9.59 Å². The molecule has 0 atom stereocenters. The van der Waals surface area contributed by atoms with Gasteiger partial charge >= 0.3 is 5.97 Å². The minimum absolute atomic E-state index is 0.133. The molecule has 1 aromatic heterocycles. The predicted octanol–water partition coefficient (Wildman–Crippen LogP) is 2.50. The van der Waals surface area contributed by atoms with Crippen molar-refractivity contribution in [1.29, 1.82) is 0 Å². The lowest BCUT2D eigenvalue weighted by molar-refractivity contribution is -0.131. The zero-order chi connectivity index (χ0) is 14.1. The summed E-state index contributed by atoms with van der Waals surface area (Å²) < 4.78 is 0. The van der Waals surface area contributed by atoms with Crippen molar-refractivity contribution in [3.63, 3.8) is 0 Å². The van der Waals surface area contributed by atoms with Crippen LogP contribution in [0.25, 0.3) is 22.4 Å². The maximum Gasteiger partial charge on any atom is 0.377 e. The molecule has 20 heavy (non-hydrogen) atoms. The number of nitrogens with one attached hydrogen (secondary N) is 1. The van der Waals surface area contributed by atoms with E-state index in [0.29, 0.717) is 16.9 Å². The van der Waals surface area contributed by atoms with E-state index in [1.807, 2.05) is 30.3 Å². The highest BCUT2D eigenvalue weighted by atomic mass is 16.4. The van der Waals surface area contributed by atoms with Gasteiger partial charge in [0.25, 0.3) is 5.78 Å². The molecule has 0 saturated carbocycles. The number of aromatic amines is 1. The molecular formula is C15H10N2O3. The Bertz CT molecular complexity index is 806. The van der Waals surface area contributed by atoms with E-state index in [0.717, 1.165) is 5.56 Å². The van der Waals surface area contributed by atoms with Gasteiger partial charge in [0.1, 0.15) is 5.82 Å². The van der Waals surface area contributed by atoms with Gasteiger partial charge in [-0.05, 0) is 18.2 Å². The summed E-state index contributed by atoms with van der Waals surface area (Å²) in [4.78, 5) is 29.6. The summed E-state index contributed by atoms with van der Waals surface area (Å²) in [5.41, 5.74) is 2.38. The number of aromatic nitrogens is 2. The number of ketones is 1. The Kier molecular flexibility index (Phi) is 2.80. The molecule has 2 N–H and O–H groups in total. The maximum absolute atomic E-state index is 11.4. The van der Waals surface area contributed by atoms with Crippen molar-refractivity contribution >= 4 is 22.8 Å². The Morgan fingerprint density at radius 3 is 2.50 bits per heavy atom. The monoisotopic (exact) mass is 266 g/mol. The van der Waals surface area contributed by atoms with Crippen molar-refractivity contribution in [1.82, 2.24) is 9.97 Å². The molecule has 1 heterocycles. The molecule has 0 saturated heterocycles. The van der Waals surface area contributed by atoms with Gasteiger partial charge in [-0.2, -0.15) is 0 Å². The number of hydrogen-bond donors (Lipinski definition) is 2. The van der Waals surface area contributed by atoms with Crippen LogP contribution in [0, 0.1) is 0 Å². The van der Waals surface area contributed by atoms with Crippen molar-refractivity contribution in [3.05, 3.63) is 54.1 Å². The summed E-state index contributed by atoms with van der Waals surface area (Å²) in [5, 5.41) is 8.72. The van der Waals surface area contributed by atoms with E-state index >= 15 is 0 Å². The fraction of sp³-hybridized carbons (Fsp3) is 0. The SMILES string of the molecule is O=C(O)C(=O)c1ccc2nc(-c3ccccc3)[nH]c2c1. The first-order valence-electron chi connectivity index (χ1n) is 5.98. The van der Waals surface area contributed by atoms with Gasteiger partial charge in [0, 0.05) is 11.1 Å². The van der Waals surface area contributed by atoms with Crippen LogP contribution >= 0.6 is 0 Å². The fourth-order valence-electron chi connectivity index (χ4n) is 2.01. The van der Waals surface area contributed by atoms with Crippen LogP contribution in [0.3, 0.4) is 0 Å². The van der Waals surface area contributed by atoms with Gasteiger partial charge in [0.2, 0.25) is 0 Å². The molecular weight excluding hydrogens is 256 g/mol. The molecule has 0 unspecified atom stereocenters. The summed E-state index contributed by atoms with van der Waals surface area (Å²) >= 11 is 0. The van der Waals surface area contributed by atoms with E-state index in [4.69, 9.17) is 5.11 Å². The number of imidazole rings is 1. The van der Waals surface area contributed by atoms with Gasteiger partial charge in [-0.25, -0.2) is 9.78 Å². The maximum atomic E-state index is 11.4. The Balaban J connectivity index is 2.08.